The number of para-hydroxylation sites is 1. The molecule has 3 aromatic rings. The molecule has 0 bridgehead atoms. The van der Waals surface area contributed by atoms with Crippen LogP contribution in [0.15, 0.2) is 63.4 Å². The number of carbonyl (C=O) groups excluding carboxylic acids is 1. The summed E-state index contributed by atoms with van der Waals surface area (Å²) in [4.78, 5) is 31.3. The Morgan fingerprint density at radius 1 is 1.32 bits per heavy atom. The average Bonchev–Trinajstić information content (AvgIpc) is 3.14. The van der Waals surface area contributed by atoms with Crippen LogP contribution in [-0.4, -0.2) is 33.6 Å². The Morgan fingerprint density at radius 2 is 2.10 bits per heavy atom. The topological polar surface area (TPSA) is 73.2 Å². The Balaban J connectivity index is 1.61. The molecule has 0 spiro atoms. The molecule has 0 aliphatic carbocycles. The number of halogens is 1. The van der Waals surface area contributed by atoms with Crippen LogP contribution in [0.2, 0.25) is 5.02 Å². The van der Waals surface area contributed by atoms with Crippen molar-refractivity contribution in [1.29, 1.82) is 0 Å². The third kappa shape index (κ3) is 4.76. The highest BCUT2D eigenvalue weighted by atomic mass is 35.5. The summed E-state index contributed by atoms with van der Waals surface area (Å²) in [5, 5.41) is 4.11. The minimum absolute atomic E-state index is 0.0798. The number of hydrogen-bond donors (Lipinski definition) is 1. The number of fused-ring (bicyclic) bond motifs is 1. The van der Waals surface area contributed by atoms with Crippen LogP contribution in [0.25, 0.3) is 5.69 Å². The summed E-state index contributed by atoms with van der Waals surface area (Å²) in [5.74, 6) is 0.351. The van der Waals surface area contributed by atoms with Crippen molar-refractivity contribution in [2.45, 2.75) is 28.6 Å². The van der Waals surface area contributed by atoms with Crippen molar-refractivity contribution in [2.75, 3.05) is 18.2 Å². The van der Waals surface area contributed by atoms with Crippen LogP contribution in [-0.2, 0) is 11.2 Å². The van der Waals surface area contributed by atoms with Crippen LogP contribution < -0.4 is 15.6 Å². The van der Waals surface area contributed by atoms with Gasteiger partial charge in [0.25, 0.3) is 5.56 Å². The van der Waals surface area contributed by atoms with E-state index in [4.69, 9.17) is 21.3 Å². The number of amides is 1. The molecular weight excluding hydrogens is 454 g/mol. The number of aromatic nitrogens is 2. The van der Waals surface area contributed by atoms with Crippen LogP contribution in [0.5, 0.6) is 5.75 Å². The van der Waals surface area contributed by atoms with E-state index in [0.29, 0.717) is 31.8 Å². The second kappa shape index (κ2) is 9.38. The van der Waals surface area contributed by atoms with E-state index in [-0.39, 0.29) is 17.2 Å². The van der Waals surface area contributed by atoms with Gasteiger partial charge in [-0.05, 0) is 30.3 Å². The molecular formula is C22H20ClN3O3S2. The summed E-state index contributed by atoms with van der Waals surface area (Å²) < 4.78 is 6.86. The lowest BCUT2D eigenvalue weighted by atomic mass is 10.2. The summed E-state index contributed by atoms with van der Waals surface area (Å²) in [7, 11) is 1.53. The summed E-state index contributed by atoms with van der Waals surface area (Å²) in [6.45, 7) is 2.08. The smallest absolute Gasteiger partial charge is 0.272 e. The third-order valence-corrected chi connectivity index (χ3v) is 7.05. The largest absolute Gasteiger partial charge is 0.495 e. The maximum Gasteiger partial charge on any atom is 0.272 e. The van der Waals surface area contributed by atoms with Gasteiger partial charge >= 0.3 is 0 Å². The van der Waals surface area contributed by atoms with Gasteiger partial charge in [-0.3, -0.25) is 14.2 Å². The second-order valence-electron chi connectivity index (χ2n) is 6.96. The van der Waals surface area contributed by atoms with Gasteiger partial charge < -0.3 is 10.1 Å². The first-order chi connectivity index (χ1) is 15.0. The zero-order chi connectivity index (χ0) is 22.0. The number of carbonyl (C=O) groups is 1. The van der Waals surface area contributed by atoms with Crippen LogP contribution in [0.3, 0.4) is 0 Å². The van der Waals surface area contributed by atoms with E-state index in [9.17, 15) is 9.59 Å². The molecule has 0 saturated heterocycles. The lowest BCUT2D eigenvalue weighted by Crippen LogP contribution is -2.24. The van der Waals surface area contributed by atoms with Crippen LogP contribution in [0, 0.1) is 0 Å². The van der Waals surface area contributed by atoms with E-state index in [2.05, 4.69) is 12.2 Å². The summed E-state index contributed by atoms with van der Waals surface area (Å²) >= 11 is 8.82. The number of nitrogens with zero attached hydrogens (tertiary/aromatic N) is 2. The van der Waals surface area contributed by atoms with E-state index in [0.717, 1.165) is 17.8 Å². The molecule has 0 radical (unpaired) electrons. The lowest BCUT2D eigenvalue weighted by molar-refractivity contribution is -0.113. The van der Waals surface area contributed by atoms with Gasteiger partial charge in [0.1, 0.15) is 5.75 Å². The second-order valence-corrected chi connectivity index (χ2v) is 9.79. The molecule has 160 valence electrons. The van der Waals surface area contributed by atoms with Crippen molar-refractivity contribution >= 4 is 46.7 Å². The first-order valence-corrected chi connectivity index (χ1v) is 11.8. The normalized spacial score (nSPS) is 14.9. The van der Waals surface area contributed by atoms with Crippen LogP contribution in [0.4, 0.5) is 5.69 Å². The first kappa shape index (κ1) is 21.8. The number of thioether (sulfide) groups is 2. The lowest BCUT2D eigenvalue weighted by Gasteiger charge is -2.14. The Kier molecular flexibility index (Phi) is 6.60. The molecule has 0 fully saturated rings. The highest BCUT2D eigenvalue weighted by molar-refractivity contribution is 8.00. The Bertz CT molecular complexity index is 1180. The molecule has 0 unspecified atom stereocenters. The van der Waals surface area contributed by atoms with Gasteiger partial charge in [0.15, 0.2) is 5.16 Å². The predicted molar refractivity (Wildman–Crippen MR) is 126 cm³/mol. The molecule has 2 heterocycles. The fourth-order valence-electron chi connectivity index (χ4n) is 3.30. The summed E-state index contributed by atoms with van der Waals surface area (Å²) in [6.07, 6.45) is 0.740. The molecule has 1 amide bonds. The number of ether oxygens (including phenoxy) is 1. The van der Waals surface area contributed by atoms with Crippen molar-refractivity contribution in [3.63, 3.8) is 0 Å². The number of rotatable bonds is 6. The van der Waals surface area contributed by atoms with Gasteiger partial charge in [-0.2, -0.15) is 0 Å². The molecule has 31 heavy (non-hydrogen) atoms. The maximum absolute atomic E-state index is 13.2. The molecule has 0 saturated carbocycles. The molecule has 9 heteroatoms. The number of benzene rings is 2. The van der Waals surface area contributed by atoms with Crippen molar-refractivity contribution in [3.8, 4) is 11.4 Å². The van der Waals surface area contributed by atoms with E-state index >= 15 is 0 Å². The summed E-state index contributed by atoms with van der Waals surface area (Å²) in [5.41, 5.74) is 1.93. The van der Waals surface area contributed by atoms with Gasteiger partial charge in [-0.1, -0.05) is 48.5 Å². The SMILES string of the molecule is COc1ccc(Cl)cc1NC(=O)CSc1nc2c(c(=O)n1-c1ccccc1)S[C@@H](C)C2. The molecule has 1 aliphatic rings. The van der Waals surface area contributed by atoms with Crippen LogP contribution in [0.1, 0.15) is 12.6 Å². The van der Waals surface area contributed by atoms with Crippen LogP contribution >= 0.6 is 35.1 Å². The Hall–Kier alpha value is -2.42. The van der Waals surface area contributed by atoms with E-state index in [1.165, 1.54) is 18.9 Å². The fourth-order valence-corrected chi connectivity index (χ4v) is 5.39. The van der Waals surface area contributed by atoms with Gasteiger partial charge in [-0.25, -0.2) is 4.98 Å². The monoisotopic (exact) mass is 473 g/mol. The average molecular weight is 474 g/mol. The highest BCUT2D eigenvalue weighted by Gasteiger charge is 2.27. The third-order valence-electron chi connectivity index (χ3n) is 4.66. The minimum Gasteiger partial charge on any atom is -0.495 e. The van der Waals surface area contributed by atoms with Crippen molar-refractivity contribution < 1.29 is 9.53 Å². The molecule has 4 rings (SSSR count). The number of anilines is 1. The van der Waals surface area contributed by atoms with Crippen molar-refractivity contribution in [3.05, 3.63) is 69.6 Å². The molecule has 6 nitrogen and oxygen atoms in total. The maximum atomic E-state index is 13.2. The molecule has 1 aromatic heterocycles. The minimum atomic E-state index is -0.248. The van der Waals surface area contributed by atoms with E-state index in [1.807, 2.05) is 30.3 Å². The van der Waals surface area contributed by atoms with E-state index in [1.54, 1.807) is 34.5 Å². The Morgan fingerprint density at radius 3 is 2.84 bits per heavy atom. The van der Waals surface area contributed by atoms with Gasteiger partial charge in [-0.15, -0.1) is 11.8 Å². The van der Waals surface area contributed by atoms with E-state index < -0.39 is 0 Å². The fraction of sp³-hybridized carbons (Fsp3) is 0.227. The standard InChI is InChI=1S/C22H20ClN3O3S2/c1-13-10-17-20(31-13)21(28)26(15-6-4-3-5-7-15)22(25-17)30-12-19(27)24-16-11-14(23)8-9-18(16)29-2/h3-9,11,13H,10,12H2,1-2H3,(H,24,27)/t13-/m0/s1. The quantitative estimate of drug-likeness (QED) is 0.414. The number of methoxy groups -OCH3 is 1. The van der Waals surface area contributed by atoms with Gasteiger partial charge in [0.05, 0.1) is 34.8 Å². The molecule has 1 atom stereocenters. The molecule has 1 N–H and O–H groups in total. The zero-order valence-corrected chi connectivity index (χ0v) is 19.3. The molecule has 1 aliphatic heterocycles. The summed E-state index contributed by atoms with van der Waals surface area (Å²) in [6, 6.07) is 14.4. The van der Waals surface area contributed by atoms with Gasteiger partial charge in [0, 0.05) is 16.7 Å². The van der Waals surface area contributed by atoms with Crippen molar-refractivity contribution in [1.82, 2.24) is 9.55 Å². The number of hydrogen-bond acceptors (Lipinski definition) is 6. The van der Waals surface area contributed by atoms with Crippen molar-refractivity contribution in [2.24, 2.45) is 0 Å². The predicted octanol–water partition coefficient (Wildman–Crippen LogP) is 4.66. The first-order valence-electron chi connectivity index (χ1n) is 9.60. The zero-order valence-electron chi connectivity index (χ0n) is 16.9. The Labute approximate surface area is 193 Å². The molecule has 2 aromatic carbocycles. The van der Waals surface area contributed by atoms with Gasteiger partial charge in [0.2, 0.25) is 5.91 Å². The number of nitrogens with one attached hydrogen (secondary N) is 1. The highest BCUT2D eigenvalue weighted by Crippen LogP contribution is 2.35.